The largest absolute Gasteiger partial charge is 0.507 e. The first-order valence-corrected chi connectivity index (χ1v) is 20.5. The Morgan fingerprint density at radius 1 is 0.544 bits per heavy atom. The summed E-state index contributed by atoms with van der Waals surface area (Å²) in [5.41, 5.74) is 11.5. The number of nitrogens with zero attached hydrogens (tertiary/aromatic N) is 3. The van der Waals surface area contributed by atoms with Crippen molar-refractivity contribution in [3.63, 3.8) is 0 Å². The van der Waals surface area contributed by atoms with E-state index in [2.05, 4.69) is 192 Å². The van der Waals surface area contributed by atoms with Crippen molar-refractivity contribution in [1.29, 1.82) is 0 Å². The number of imidazole rings is 1. The molecule has 4 nitrogen and oxygen atoms in total. The Morgan fingerprint density at radius 3 is 2.04 bits per heavy atom. The van der Waals surface area contributed by atoms with E-state index in [0.29, 0.717) is 5.82 Å². The van der Waals surface area contributed by atoms with E-state index in [9.17, 15) is 5.11 Å². The molecule has 0 unspecified atom stereocenters. The van der Waals surface area contributed by atoms with Crippen LogP contribution in [0.15, 0.2) is 146 Å². The predicted octanol–water partition coefficient (Wildman–Crippen LogP) is 14.4. The molecule has 0 atom stereocenters. The Morgan fingerprint density at radius 2 is 1.25 bits per heavy atom. The molecule has 7 aromatic carbocycles. The molecule has 3 aromatic heterocycles. The van der Waals surface area contributed by atoms with E-state index in [1.165, 1.54) is 20.2 Å². The van der Waals surface area contributed by atoms with Crippen LogP contribution in [0.25, 0.3) is 92.3 Å². The van der Waals surface area contributed by atoms with E-state index in [4.69, 9.17) is 9.97 Å². The maximum Gasteiger partial charge on any atom is 0.149 e. The summed E-state index contributed by atoms with van der Waals surface area (Å²) in [6, 6.07) is 51.6. The van der Waals surface area contributed by atoms with Crippen LogP contribution in [0.4, 0.5) is 0 Å². The Balaban J connectivity index is 1.33. The second-order valence-corrected chi connectivity index (χ2v) is 18.3. The number of rotatable bonds is 4. The van der Waals surface area contributed by atoms with Gasteiger partial charge in [-0.3, -0.25) is 4.57 Å². The second kappa shape index (κ2) is 12.9. The molecule has 0 fully saturated rings. The third kappa shape index (κ3) is 5.71. The molecule has 1 N–H and O–H groups in total. The molecule has 0 saturated carbocycles. The Labute approximate surface area is 336 Å². The van der Waals surface area contributed by atoms with Crippen molar-refractivity contribution in [3.05, 3.63) is 157 Å². The molecule has 10 aromatic rings. The SMILES string of the molecule is CC(C)(C)c1cc(-c2nc3c(-c4cc5c6nc7ccccc7cc6sc5c5ccccc45)cccc3n2-c2ccccc2-c2ccccc2)c(O)c(C(C)(C)C)c1. The minimum atomic E-state index is -0.305. The molecule has 0 saturated heterocycles. The van der Waals surface area contributed by atoms with Gasteiger partial charge in [0.15, 0.2) is 0 Å². The van der Waals surface area contributed by atoms with Crippen LogP contribution < -0.4 is 0 Å². The van der Waals surface area contributed by atoms with Crippen molar-refractivity contribution in [3.8, 4) is 45.1 Å². The van der Waals surface area contributed by atoms with Crippen LogP contribution in [0.1, 0.15) is 52.7 Å². The van der Waals surface area contributed by atoms with Crippen LogP contribution in [0.3, 0.4) is 0 Å². The van der Waals surface area contributed by atoms with E-state index >= 15 is 0 Å². The van der Waals surface area contributed by atoms with E-state index in [-0.39, 0.29) is 16.6 Å². The highest BCUT2D eigenvalue weighted by atomic mass is 32.1. The molecule has 3 heterocycles. The molecular weight excluding hydrogens is 715 g/mol. The molecule has 0 spiro atoms. The minimum Gasteiger partial charge on any atom is -0.507 e. The molecule has 0 bridgehead atoms. The Hall–Kier alpha value is -6.30. The molecule has 278 valence electrons. The lowest BCUT2D eigenvalue weighted by Gasteiger charge is -2.27. The number of aromatic hydroxyl groups is 1. The van der Waals surface area contributed by atoms with Gasteiger partial charge in [0, 0.05) is 37.5 Å². The lowest BCUT2D eigenvalue weighted by Crippen LogP contribution is -2.17. The van der Waals surface area contributed by atoms with Gasteiger partial charge in [0.05, 0.1) is 38.0 Å². The minimum absolute atomic E-state index is 0.163. The molecule has 0 aliphatic rings. The topological polar surface area (TPSA) is 50.9 Å². The molecule has 0 radical (unpaired) electrons. The number of thiophene rings is 1. The Bertz CT molecular complexity index is 3210. The number of para-hydroxylation sites is 3. The van der Waals surface area contributed by atoms with Gasteiger partial charge in [0.2, 0.25) is 0 Å². The van der Waals surface area contributed by atoms with Crippen molar-refractivity contribution < 1.29 is 5.11 Å². The summed E-state index contributed by atoms with van der Waals surface area (Å²) in [7, 11) is 0. The van der Waals surface area contributed by atoms with E-state index < -0.39 is 0 Å². The number of benzene rings is 7. The van der Waals surface area contributed by atoms with Gasteiger partial charge < -0.3 is 5.11 Å². The fourth-order valence-corrected chi connectivity index (χ4v) is 9.63. The van der Waals surface area contributed by atoms with Crippen molar-refractivity contribution >= 4 is 64.3 Å². The first-order chi connectivity index (χ1) is 27.5. The van der Waals surface area contributed by atoms with Crippen LogP contribution in [0.5, 0.6) is 5.75 Å². The van der Waals surface area contributed by atoms with E-state index in [1.807, 2.05) is 11.3 Å². The Kier molecular flexibility index (Phi) is 7.93. The van der Waals surface area contributed by atoms with Gasteiger partial charge in [0.25, 0.3) is 0 Å². The fraction of sp³-hybridized carbons (Fsp3) is 0.154. The zero-order valence-electron chi connectivity index (χ0n) is 33.1. The predicted molar refractivity (Wildman–Crippen MR) is 242 cm³/mol. The van der Waals surface area contributed by atoms with E-state index in [0.717, 1.165) is 77.5 Å². The molecule has 0 aliphatic heterocycles. The first kappa shape index (κ1) is 35.1. The zero-order valence-corrected chi connectivity index (χ0v) is 33.9. The number of pyridine rings is 1. The molecule has 10 rings (SSSR count). The van der Waals surface area contributed by atoms with Crippen LogP contribution >= 0.6 is 11.3 Å². The van der Waals surface area contributed by atoms with Gasteiger partial charge in [-0.2, -0.15) is 0 Å². The monoisotopic (exact) mass is 757 g/mol. The lowest BCUT2D eigenvalue weighted by atomic mass is 9.79. The van der Waals surface area contributed by atoms with E-state index in [1.54, 1.807) is 0 Å². The quantitative estimate of drug-likeness (QED) is 0.194. The number of phenolic OH excluding ortho intramolecular Hbond substituents is 1. The summed E-state index contributed by atoms with van der Waals surface area (Å²) >= 11 is 1.81. The smallest absolute Gasteiger partial charge is 0.149 e. The zero-order chi connectivity index (χ0) is 39.2. The van der Waals surface area contributed by atoms with Crippen molar-refractivity contribution in [1.82, 2.24) is 14.5 Å². The number of aromatic nitrogens is 3. The number of hydrogen-bond donors (Lipinski definition) is 1. The standard InChI is InChI=1S/C52H43N3OS/c1-51(2,3)33-28-40(48(56)41(29-33)52(4,5)6)50-54-46-36(23-16-26-44(46)55(50)43-25-15-13-20-34(43)31-17-8-7-9-18-31)38-30-39-47-45(27-32-19-10-14-24-42(32)53-47)57-49(39)37-22-12-11-21-35(37)38/h7-30,56H,1-6H3. The average molecular weight is 758 g/mol. The molecule has 57 heavy (non-hydrogen) atoms. The van der Waals surface area contributed by atoms with Gasteiger partial charge in [-0.05, 0) is 69.3 Å². The van der Waals surface area contributed by atoms with Crippen molar-refractivity contribution in [2.75, 3.05) is 0 Å². The van der Waals surface area contributed by atoms with Crippen LogP contribution in [-0.2, 0) is 10.8 Å². The number of hydrogen-bond acceptors (Lipinski definition) is 4. The highest BCUT2D eigenvalue weighted by Gasteiger charge is 2.29. The van der Waals surface area contributed by atoms with Gasteiger partial charge >= 0.3 is 0 Å². The average Bonchev–Trinajstić information content (AvgIpc) is 3.77. The summed E-state index contributed by atoms with van der Waals surface area (Å²) in [5.74, 6) is 0.968. The maximum atomic E-state index is 12.4. The maximum absolute atomic E-state index is 12.4. The fourth-order valence-electron chi connectivity index (χ4n) is 8.42. The number of fused-ring (bicyclic) bond motifs is 7. The van der Waals surface area contributed by atoms with Crippen molar-refractivity contribution in [2.24, 2.45) is 0 Å². The third-order valence-corrected chi connectivity index (χ3v) is 12.6. The number of phenols is 1. The van der Waals surface area contributed by atoms with Crippen LogP contribution in [0.2, 0.25) is 0 Å². The first-order valence-electron chi connectivity index (χ1n) is 19.6. The van der Waals surface area contributed by atoms with Gasteiger partial charge in [0.1, 0.15) is 11.6 Å². The normalized spacial score (nSPS) is 12.5. The summed E-state index contributed by atoms with van der Waals surface area (Å²) in [5, 5.41) is 17.1. The lowest BCUT2D eigenvalue weighted by molar-refractivity contribution is 0.446. The summed E-state index contributed by atoms with van der Waals surface area (Å²) in [4.78, 5) is 10.9. The highest BCUT2D eigenvalue weighted by molar-refractivity contribution is 7.26. The van der Waals surface area contributed by atoms with Crippen molar-refractivity contribution in [2.45, 2.75) is 52.4 Å². The molecular formula is C52H43N3OS. The van der Waals surface area contributed by atoms with Gasteiger partial charge in [-0.1, -0.05) is 151 Å². The second-order valence-electron chi connectivity index (χ2n) is 17.2. The van der Waals surface area contributed by atoms with Crippen LogP contribution in [-0.4, -0.2) is 19.6 Å². The summed E-state index contributed by atoms with van der Waals surface area (Å²) in [6.07, 6.45) is 0. The van der Waals surface area contributed by atoms with Gasteiger partial charge in [-0.15, -0.1) is 11.3 Å². The van der Waals surface area contributed by atoms with Gasteiger partial charge in [-0.25, -0.2) is 9.97 Å². The molecule has 0 amide bonds. The third-order valence-electron chi connectivity index (χ3n) is 11.4. The molecule has 0 aliphatic carbocycles. The summed E-state index contributed by atoms with van der Waals surface area (Å²) in [6.45, 7) is 13.2. The van der Waals surface area contributed by atoms with Crippen LogP contribution in [0, 0.1) is 0 Å². The highest BCUT2D eigenvalue weighted by Crippen LogP contribution is 2.47. The molecule has 5 heteroatoms. The summed E-state index contributed by atoms with van der Waals surface area (Å²) < 4.78 is 4.68.